The monoisotopic (exact) mass is 269 g/mol. The number of nitrogens with one attached hydrogen (secondary N) is 1. The number of hydrogen-bond donors (Lipinski definition) is 1. The first kappa shape index (κ1) is 13.4. The third-order valence-corrected chi connectivity index (χ3v) is 4.30. The zero-order chi connectivity index (χ0) is 13.9. The molecule has 0 radical (unpaired) electrons. The molecule has 1 aliphatic rings. The predicted octanol–water partition coefficient (Wildman–Crippen LogP) is 3.20. The Balaban J connectivity index is 1.88. The van der Waals surface area contributed by atoms with Crippen LogP contribution in [0.3, 0.4) is 0 Å². The molecule has 1 saturated heterocycles. The number of aromatic nitrogens is 1. The van der Waals surface area contributed by atoms with Gasteiger partial charge in [0.25, 0.3) is 0 Å². The van der Waals surface area contributed by atoms with E-state index >= 15 is 0 Å². The van der Waals surface area contributed by atoms with Gasteiger partial charge in [0.1, 0.15) is 0 Å². The van der Waals surface area contributed by atoms with Gasteiger partial charge in [0, 0.05) is 35.9 Å². The van der Waals surface area contributed by atoms with E-state index in [1.54, 1.807) is 0 Å². The van der Waals surface area contributed by atoms with Crippen molar-refractivity contribution in [2.45, 2.75) is 38.8 Å². The van der Waals surface area contributed by atoms with Crippen molar-refractivity contribution in [3.05, 3.63) is 36.5 Å². The van der Waals surface area contributed by atoms with Gasteiger partial charge in [-0.2, -0.15) is 0 Å². The number of benzene rings is 1. The van der Waals surface area contributed by atoms with Gasteiger partial charge < -0.3 is 10.2 Å². The van der Waals surface area contributed by atoms with Gasteiger partial charge in [0.05, 0.1) is 5.52 Å². The molecule has 2 aromatic rings. The topological polar surface area (TPSA) is 28.2 Å². The number of anilines is 1. The van der Waals surface area contributed by atoms with Gasteiger partial charge in [-0.05, 0) is 50.6 Å². The normalized spacial score (nSPS) is 23.2. The summed E-state index contributed by atoms with van der Waals surface area (Å²) in [6.45, 7) is 6.70. The first-order valence-corrected chi connectivity index (χ1v) is 7.63. The van der Waals surface area contributed by atoms with Crippen LogP contribution in [-0.4, -0.2) is 30.2 Å². The molecule has 0 amide bonds. The van der Waals surface area contributed by atoms with Crippen LogP contribution in [-0.2, 0) is 0 Å². The summed E-state index contributed by atoms with van der Waals surface area (Å²) >= 11 is 0. The van der Waals surface area contributed by atoms with Gasteiger partial charge >= 0.3 is 0 Å². The van der Waals surface area contributed by atoms with E-state index in [4.69, 9.17) is 0 Å². The smallest absolute Gasteiger partial charge is 0.0722 e. The second kappa shape index (κ2) is 5.80. The van der Waals surface area contributed by atoms with E-state index in [1.165, 1.54) is 23.9 Å². The van der Waals surface area contributed by atoms with Crippen LogP contribution in [0.15, 0.2) is 36.5 Å². The highest BCUT2D eigenvalue weighted by molar-refractivity contribution is 5.91. The molecule has 2 unspecified atom stereocenters. The van der Waals surface area contributed by atoms with E-state index in [9.17, 15) is 0 Å². The molecule has 0 aliphatic carbocycles. The molecule has 3 heteroatoms. The summed E-state index contributed by atoms with van der Waals surface area (Å²) in [5.41, 5.74) is 2.42. The second-order valence-electron chi connectivity index (χ2n) is 5.67. The molecule has 0 saturated carbocycles. The Morgan fingerprint density at radius 3 is 3.00 bits per heavy atom. The average Bonchev–Trinajstić information content (AvgIpc) is 2.47. The van der Waals surface area contributed by atoms with Crippen molar-refractivity contribution in [1.82, 2.24) is 10.3 Å². The van der Waals surface area contributed by atoms with Gasteiger partial charge in [-0.25, -0.2) is 0 Å². The predicted molar refractivity (Wildman–Crippen MR) is 85.2 cm³/mol. The summed E-state index contributed by atoms with van der Waals surface area (Å²) in [4.78, 5) is 7.01. The van der Waals surface area contributed by atoms with Crippen LogP contribution in [0.25, 0.3) is 10.9 Å². The van der Waals surface area contributed by atoms with Crippen molar-refractivity contribution in [3.63, 3.8) is 0 Å². The Hall–Kier alpha value is -1.61. The van der Waals surface area contributed by atoms with Gasteiger partial charge in [-0.3, -0.25) is 4.98 Å². The van der Waals surface area contributed by atoms with Crippen LogP contribution >= 0.6 is 0 Å². The maximum atomic E-state index is 4.47. The van der Waals surface area contributed by atoms with Crippen molar-refractivity contribution in [2.75, 3.05) is 18.0 Å². The van der Waals surface area contributed by atoms with E-state index in [-0.39, 0.29) is 0 Å². The highest BCUT2D eigenvalue weighted by Gasteiger charge is 2.25. The molecule has 1 aromatic carbocycles. The molecule has 0 bridgehead atoms. The van der Waals surface area contributed by atoms with Crippen LogP contribution in [0.5, 0.6) is 0 Å². The first-order valence-electron chi connectivity index (χ1n) is 7.63. The van der Waals surface area contributed by atoms with Gasteiger partial charge in [0.15, 0.2) is 0 Å². The molecule has 2 heterocycles. The van der Waals surface area contributed by atoms with Gasteiger partial charge in [-0.15, -0.1) is 0 Å². The SMILES string of the molecule is CCNC1CCN(c2cccc3ncccc23)C(C)C1. The molecule has 1 aromatic heterocycles. The lowest BCUT2D eigenvalue weighted by atomic mass is 9.96. The van der Waals surface area contributed by atoms with E-state index < -0.39 is 0 Å². The van der Waals surface area contributed by atoms with Crippen LogP contribution in [0.1, 0.15) is 26.7 Å². The molecule has 1 aliphatic heterocycles. The highest BCUT2D eigenvalue weighted by atomic mass is 15.2. The molecule has 106 valence electrons. The molecule has 2 atom stereocenters. The largest absolute Gasteiger partial charge is 0.368 e. The van der Waals surface area contributed by atoms with Crippen molar-refractivity contribution in [3.8, 4) is 0 Å². The third kappa shape index (κ3) is 2.50. The van der Waals surface area contributed by atoms with Gasteiger partial charge in [-0.1, -0.05) is 13.0 Å². The van der Waals surface area contributed by atoms with Crippen LogP contribution in [0.2, 0.25) is 0 Å². The Morgan fingerprint density at radius 1 is 1.30 bits per heavy atom. The highest BCUT2D eigenvalue weighted by Crippen LogP contribution is 2.30. The van der Waals surface area contributed by atoms with E-state index in [1.807, 2.05) is 12.3 Å². The number of fused-ring (bicyclic) bond motifs is 1. The summed E-state index contributed by atoms with van der Waals surface area (Å²) in [5.74, 6) is 0. The fourth-order valence-electron chi connectivity index (χ4n) is 3.34. The molecule has 3 nitrogen and oxygen atoms in total. The number of nitrogens with zero attached hydrogens (tertiary/aromatic N) is 2. The lowest BCUT2D eigenvalue weighted by Crippen LogP contribution is -2.47. The number of piperidine rings is 1. The Labute approximate surface area is 121 Å². The zero-order valence-electron chi connectivity index (χ0n) is 12.3. The Morgan fingerprint density at radius 2 is 2.20 bits per heavy atom. The Bertz CT molecular complexity index is 576. The molecule has 3 rings (SSSR count). The minimum absolute atomic E-state index is 0.568. The van der Waals surface area contributed by atoms with E-state index in [0.717, 1.165) is 18.6 Å². The summed E-state index contributed by atoms with van der Waals surface area (Å²) < 4.78 is 0. The molecule has 1 N–H and O–H groups in total. The zero-order valence-corrected chi connectivity index (χ0v) is 12.3. The summed E-state index contributed by atoms with van der Waals surface area (Å²) in [5, 5.41) is 4.85. The van der Waals surface area contributed by atoms with Crippen molar-refractivity contribution in [2.24, 2.45) is 0 Å². The number of hydrogen-bond acceptors (Lipinski definition) is 3. The van der Waals surface area contributed by atoms with Crippen LogP contribution < -0.4 is 10.2 Å². The minimum atomic E-state index is 0.568. The van der Waals surface area contributed by atoms with E-state index in [2.05, 4.69) is 53.3 Å². The van der Waals surface area contributed by atoms with Crippen LogP contribution in [0, 0.1) is 0 Å². The van der Waals surface area contributed by atoms with Gasteiger partial charge in [0.2, 0.25) is 0 Å². The third-order valence-electron chi connectivity index (χ3n) is 4.30. The summed E-state index contributed by atoms with van der Waals surface area (Å²) in [6, 6.07) is 11.9. The van der Waals surface area contributed by atoms with Crippen molar-refractivity contribution >= 4 is 16.6 Å². The maximum absolute atomic E-state index is 4.47. The Kier molecular flexibility index (Phi) is 3.88. The van der Waals surface area contributed by atoms with E-state index in [0.29, 0.717) is 12.1 Å². The van der Waals surface area contributed by atoms with Crippen molar-refractivity contribution < 1.29 is 0 Å². The lowest BCUT2D eigenvalue weighted by molar-refractivity contribution is 0.374. The van der Waals surface area contributed by atoms with Crippen molar-refractivity contribution in [1.29, 1.82) is 0 Å². The van der Waals surface area contributed by atoms with Crippen LogP contribution in [0.4, 0.5) is 5.69 Å². The fourth-order valence-corrected chi connectivity index (χ4v) is 3.34. The lowest BCUT2D eigenvalue weighted by Gasteiger charge is -2.40. The fraction of sp³-hybridized carbons (Fsp3) is 0.471. The quantitative estimate of drug-likeness (QED) is 0.927. The maximum Gasteiger partial charge on any atom is 0.0722 e. The summed E-state index contributed by atoms with van der Waals surface area (Å²) in [7, 11) is 0. The summed E-state index contributed by atoms with van der Waals surface area (Å²) in [6.07, 6.45) is 4.30. The molecule has 0 spiro atoms. The average molecular weight is 269 g/mol. The molecule has 20 heavy (non-hydrogen) atoms. The second-order valence-corrected chi connectivity index (χ2v) is 5.67. The molecular weight excluding hydrogens is 246 g/mol. The number of rotatable bonds is 3. The minimum Gasteiger partial charge on any atom is -0.368 e. The first-order chi connectivity index (χ1) is 9.79. The molecular formula is C17H23N3. The molecule has 1 fully saturated rings. The number of pyridine rings is 1. The standard InChI is InChI=1S/C17H23N3/c1-3-18-14-9-11-20(13(2)12-14)17-8-4-7-16-15(17)6-5-10-19-16/h4-8,10,13-14,18H,3,9,11-12H2,1-2H3.